The molecule has 2 saturated heterocycles. The van der Waals surface area contributed by atoms with Crippen LogP contribution in [0.2, 0.25) is 0 Å². The highest BCUT2D eigenvalue weighted by molar-refractivity contribution is 7.81. The van der Waals surface area contributed by atoms with Crippen molar-refractivity contribution in [3.05, 3.63) is 0 Å². The van der Waals surface area contributed by atoms with E-state index in [0.717, 1.165) is 51.2 Å². The minimum absolute atomic E-state index is 0.105. The van der Waals surface area contributed by atoms with E-state index in [2.05, 4.69) is 24.5 Å². The zero-order chi connectivity index (χ0) is 15.9. The number of rotatable bonds is 6. The number of thiol groups is 1. The molecule has 0 aromatic heterocycles. The average molecular weight is 329 g/mol. The van der Waals surface area contributed by atoms with Gasteiger partial charge in [0.2, 0.25) is 5.91 Å². The third-order valence-corrected chi connectivity index (χ3v) is 5.56. The third kappa shape index (κ3) is 5.14. The molecule has 2 aliphatic rings. The van der Waals surface area contributed by atoms with Crippen LogP contribution < -0.4 is 0 Å². The summed E-state index contributed by atoms with van der Waals surface area (Å²) in [5.74, 6) is 0.963. The van der Waals surface area contributed by atoms with Crippen LogP contribution in [0.25, 0.3) is 0 Å². The van der Waals surface area contributed by atoms with Gasteiger partial charge in [-0.05, 0) is 44.6 Å². The molecule has 2 atom stereocenters. The molecule has 1 amide bonds. The van der Waals surface area contributed by atoms with Crippen molar-refractivity contribution in [2.24, 2.45) is 5.92 Å². The van der Waals surface area contributed by atoms with Crippen molar-refractivity contribution in [2.45, 2.75) is 56.8 Å². The Kier molecular flexibility index (Phi) is 7.51. The smallest absolute Gasteiger partial charge is 0.235 e. The Labute approximate surface area is 141 Å². The number of methoxy groups -OCH3 is 1. The predicted molar refractivity (Wildman–Crippen MR) is 93.5 cm³/mol. The van der Waals surface area contributed by atoms with E-state index in [1.165, 1.54) is 25.9 Å². The molecule has 2 heterocycles. The number of ether oxygens (including phenoxy) is 1. The summed E-state index contributed by atoms with van der Waals surface area (Å²) in [5.41, 5.74) is 0. The van der Waals surface area contributed by atoms with Crippen molar-refractivity contribution in [2.75, 3.05) is 39.8 Å². The maximum Gasteiger partial charge on any atom is 0.235 e. The van der Waals surface area contributed by atoms with E-state index >= 15 is 0 Å². The highest BCUT2D eigenvalue weighted by atomic mass is 32.1. The first-order valence-electron chi connectivity index (χ1n) is 8.86. The van der Waals surface area contributed by atoms with Gasteiger partial charge in [-0.2, -0.15) is 12.6 Å². The van der Waals surface area contributed by atoms with E-state index in [4.69, 9.17) is 4.74 Å². The lowest BCUT2D eigenvalue weighted by atomic mass is 9.94. The minimum atomic E-state index is -0.105. The molecule has 0 N–H and O–H groups in total. The number of hydrogen-bond acceptors (Lipinski definition) is 4. The van der Waals surface area contributed by atoms with Gasteiger partial charge in [0.1, 0.15) is 0 Å². The maximum absolute atomic E-state index is 12.3. The Hall–Kier alpha value is -0.260. The van der Waals surface area contributed by atoms with Crippen LogP contribution in [0.1, 0.15) is 45.4 Å². The second kappa shape index (κ2) is 9.14. The van der Waals surface area contributed by atoms with Gasteiger partial charge < -0.3 is 14.5 Å². The van der Waals surface area contributed by atoms with Crippen LogP contribution in [-0.2, 0) is 9.53 Å². The number of hydrogen-bond donors (Lipinski definition) is 1. The van der Waals surface area contributed by atoms with Crippen molar-refractivity contribution < 1.29 is 9.53 Å². The fourth-order valence-corrected chi connectivity index (χ4v) is 4.10. The summed E-state index contributed by atoms with van der Waals surface area (Å²) < 4.78 is 5.51. The van der Waals surface area contributed by atoms with Crippen molar-refractivity contribution in [3.8, 4) is 0 Å². The van der Waals surface area contributed by atoms with Crippen LogP contribution in [0, 0.1) is 5.92 Å². The van der Waals surface area contributed by atoms with Gasteiger partial charge in [-0.15, -0.1) is 0 Å². The molecule has 22 heavy (non-hydrogen) atoms. The van der Waals surface area contributed by atoms with Crippen LogP contribution in [0.5, 0.6) is 0 Å². The van der Waals surface area contributed by atoms with E-state index in [0.29, 0.717) is 6.10 Å². The Morgan fingerprint density at radius 2 is 2.00 bits per heavy atom. The molecule has 0 radical (unpaired) electrons. The lowest BCUT2D eigenvalue weighted by Gasteiger charge is -2.38. The largest absolute Gasteiger partial charge is 0.380 e. The standard InChI is InChI=1S/C17H32N2O2S/c1-3-5-16(22)17(20)19-10-7-14(8-11-19)12-18-9-4-6-15(13-18)21-2/h14-16,22H,3-13H2,1-2H3. The number of nitrogens with zero attached hydrogens (tertiary/aromatic N) is 2. The van der Waals surface area contributed by atoms with Gasteiger partial charge in [0.15, 0.2) is 0 Å². The molecule has 128 valence electrons. The zero-order valence-electron chi connectivity index (χ0n) is 14.2. The fraction of sp³-hybridized carbons (Fsp3) is 0.941. The van der Waals surface area contributed by atoms with Gasteiger partial charge >= 0.3 is 0 Å². The molecular formula is C17H32N2O2S. The predicted octanol–water partition coefficient (Wildman–Crippen LogP) is 2.43. The molecular weight excluding hydrogens is 296 g/mol. The van der Waals surface area contributed by atoms with Crippen molar-refractivity contribution in [1.29, 1.82) is 0 Å². The number of amides is 1. The summed E-state index contributed by atoms with van der Waals surface area (Å²) in [6.45, 7) is 7.37. The van der Waals surface area contributed by atoms with E-state index in [9.17, 15) is 4.79 Å². The van der Waals surface area contributed by atoms with E-state index in [1.807, 2.05) is 12.0 Å². The second-order valence-corrected chi connectivity index (χ2v) is 7.46. The molecule has 0 bridgehead atoms. The number of likely N-dealkylation sites (tertiary alicyclic amines) is 2. The molecule has 2 fully saturated rings. The summed E-state index contributed by atoms with van der Waals surface area (Å²) in [6.07, 6.45) is 7.02. The van der Waals surface area contributed by atoms with Gasteiger partial charge in [0.25, 0.3) is 0 Å². The van der Waals surface area contributed by atoms with E-state index < -0.39 is 0 Å². The van der Waals surface area contributed by atoms with Crippen LogP contribution in [0.4, 0.5) is 0 Å². The number of carbonyl (C=O) groups excluding carboxylic acids is 1. The quantitative estimate of drug-likeness (QED) is 0.760. The monoisotopic (exact) mass is 328 g/mol. The van der Waals surface area contributed by atoms with Gasteiger partial charge in [-0.1, -0.05) is 13.3 Å². The Morgan fingerprint density at radius 1 is 1.27 bits per heavy atom. The lowest BCUT2D eigenvalue weighted by molar-refractivity contribution is -0.132. The van der Waals surface area contributed by atoms with Crippen LogP contribution in [-0.4, -0.2) is 66.9 Å². The molecule has 4 nitrogen and oxygen atoms in total. The summed E-state index contributed by atoms with van der Waals surface area (Å²) in [6, 6.07) is 0. The topological polar surface area (TPSA) is 32.8 Å². The van der Waals surface area contributed by atoms with Gasteiger partial charge in [-0.25, -0.2) is 0 Å². The average Bonchev–Trinajstić information content (AvgIpc) is 2.55. The maximum atomic E-state index is 12.3. The Morgan fingerprint density at radius 3 is 2.64 bits per heavy atom. The minimum Gasteiger partial charge on any atom is -0.380 e. The van der Waals surface area contributed by atoms with Crippen LogP contribution in [0.3, 0.4) is 0 Å². The van der Waals surface area contributed by atoms with Crippen LogP contribution in [0.15, 0.2) is 0 Å². The van der Waals surface area contributed by atoms with Crippen molar-refractivity contribution >= 4 is 18.5 Å². The first-order valence-corrected chi connectivity index (χ1v) is 9.37. The van der Waals surface area contributed by atoms with Gasteiger partial charge in [0, 0.05) is 33.3 Å². The molecule has 0 aliphatic carbocycles. The first-order chi connectivity index (χ1) is 10.6. The SMILES string of the molecule is CCCC(S)C(=O)N1CCC(CN2CCCC(OC)C2)CC1. The third-order valence-electron chi connectivity index (χ3n) is 5.09. The summed E-state index contributed by atoms with van der Waals surface area (Å²) in [4.78, 5) is 16.9. The van der Waals surface area contributed by atoms with E-state index in [1.54, 1.807) is 0 Å². The second-order valence-electron chi connectivity index (χ2n) is 6.83. The lowest BCUT2D eigenvalue weighted by Crippen LogP contribution is -2.46. The number of piperidine rings is 2. The summed E-state index contributed by atoms with van der Waals surface area (Å²) in [7, 11) is 1.82. The summed E-state index contributed by atoms with van der Waals surface area (Å²) >= 11 is 4.45. The molecule has 2 rings (SSSR count). The summed E-state index contributed by atoms with van der Waals surface area (Å²) in [5, 5.41) is -0.105. The van der Waals surface area contributed by atoms with Crippen molar-refractivity contribution in [3.63, 3.8) is 0 Å². The molecule has 5 heteroatoms. The Balaban J connectivity index is 1.71. The zero-order valence-corrected chi connectivity index (χ0v) is 15.1. The highest BCUT2D eigenvalue weighted by Crippen LogP contribution is 2.22. The molecule has 0 aromatic carbocycles. The highest BCUT2D eigenvalue weighted by Gasteiger charge is 2.28. The van der Waals surface area contributed by atoms with Crippen molar-refractivity contribution in [1.82, 2.24) is 9.80 Å². The first kappa shape index (κ1) is 18.1. The molecule has 2 unspecified atom stereocenters. The molecule has 0 spiro atoms. The molecule has 2 aliphatic heterocycles. The van der Waals surface area contributed by atoms with Gasteiger partial charge in [-0.3, -0.25) is 4.79 Å². The number of carbonyl (C=O) groups is 1. The Bertz CT molecular complexity index is 346. The van der Waals surface area contributed by atoms with Gasteiger partial charge in [0.05, 0.1) is 11.4 Å². The van der Waals surface area contributed by atoms with E-state index in [-0.39, 0.29) is 11.2 Å². The normalized spacial score (nSPS) is 26.1. The fourth-order valence-electron chi connectivity index (χ4n) is 3.68. The molecule has 0 aromatic rings. The van der Waals surface area contributed by atoms with Crippen LogP contribution >= 0.6 is 12.6 Å². The molecule has 0 saturated carbocycles.